The Labute approximate surface area is 101 Å². The summed E-state index contributed by atoms with van der Waals surface area (Å²) in [5, 5.41) is 0. The van der Waals surface area contributed by atoms with Crippen LogP contribution in [0.15, 0.2) is 24.3 Å². The van der Waals surface area contributed by atoms with E-state index < -0.39 is 6.67 Å². The molecule has 1 amide bonds. The van der Waals surface area contributed by atoms with Crippen LogP contribution in [0.3, 0.4) is 0 Å². The third kappa shape index (κ3) is 2.84. The van der Waals surface area contributed by atoms with Crippen LogP contribution in [0, 0.1) is 0 Å². The van der Waals surface area contributed by atoms with Crippen LogP contribution in [0.1, 0.15) is 37.7 Å². The Hall–Kier alpha value is -1.38. The molecule has 1 fully saturated rings. The Balaban J connectivity index is 2.12. The van der Waals surface area contributed by atoms with Gasteiger partial charge in [0, 0.05) is 11.7 Å². The van der Waals surface area contributed by atoms with Crippen molar-refractivity contribution in [1.29, 1.82) is 0 Å². The number of anilines is 1. The van der Waals surface area contributed by atoms with Gasteiger partial charge in [0.05, 0.1) is 0 Å². The molecular formula is C14H18FNO. The van der Waals surface area contributed by atoms with Crippen LogP contribution in [0.4, 0.5) is 10.1 Å². The maximum atomic E-state index is 12.4. The molecule has 0 unspecified atom stereocenters. The van der Waals surface area contributed by atoms with Gasteiger partial charge < -0.3 is 4.90 Å². The van der Waals surface area contributed by atoms with Gasteiger partial charge in [-0.15, -0.1) is 0 Å². The summed E-state index contributed by atoms with van der Waals surface area (Å²) in [6.07, 6.45) is 6.70. The first-order valence-electron chi connectivity index (χ1n) is 6.23. The summed E-state index contributed by atoms with van der Waals surface area (Å²) >= 11 is 0. The van der Waals surface area contributed by atoms with E-state index in [2.05, 4.69) is 0 Å². The van der Waals surface area contributed by atoms with Crippen molar-refractivity contribution in [3.8, 4) is 0 Å². The van der Waals surface area contributed by atoms with Gasteiger partial charge >= 0.3 is 0 Å². The molecular weight excluding hydrogens is 217 g/mol. The quantitative estimate of drug-likeness (QED) is 0.732. The minimum atomic E-state index is -0.454. The van der Waals surface area contributed by atoms with Crippen molar-refractivity contribution in [2.45, 2.75) is 44.8 Å². The molecule has 0 saturated heterocycles. The second-order valence-electron chi connectivity index (χ2n) is 4.60. The van der Waals surface area contributed by atoms with Crippen LogP contribution < -0.4 is 4.90 Å². The summed E-state index contributed by atoms with van der Waals surface area (Å²) in [5.74, 6) is 0. The van der Waals surface area contributed by atoms with Crippen molar-refractivity contribution < 1.29 is 9.18 Å². The van der Waals surface area contributed by atoms with E-state index in [1.54, 1.807) is 17.0 Å². The summed E-state index contributed by atoms with van der Waals surface area (Å²) in [6, 6.07) is 7.47. The van der Waals surface area contributed by atoms with Gasteiger partial charge in [-0.25, -0.2) is 4.39 Å². The van der Waals surface area contributed by atoms with Gasteiger partial charge in [0.25, 0.3) is 0 Å². The fourth-order valence-electron chi connectivity index (χ4n) is 2.47. The lowest BCUT2D eigenvalue weighted by atomic mass is 9.94. The van der Waals surface area contributed by atoms with Crippen molar-refractivity contribution in [3.63, 3.8) is 0 Å². The highest BCUT2D eigenvalue weighted by Gasteiger charge is 2.20. The predicted molar refractivity (Wildman–Crippen MR) is 66.7 cm³/mol. The molecule has 0 spiro atoms. The number of alkyl halides is 1. The minimum Gasteiger partial charge on any atom is -0.312 e. The Bertz CT molecular complexity index is 357. The van der Waals surface area contributed by atoms with Gasteiger partial charge in [-0.3, -0.25) is 4.79 Å². The van der Waals surface area contributed by atoms with Crippen molar-refractivity contribution in [2.24, 2.45) is 0 Å². The van der Waals surface area contributed by atoms with E-state index in [9.17, 15) is 9.18 Å². The molecule has 0 aliphatic heterocycles. The van der Waals surface area contributed by atoms with E-state index in [4.69, 9.17) is 0 Å². The molecule has 1 aromatic carbocycles. The molecule has 2 rings (SSSR count). The Morgan fingerprint density at radius 3 is 2.35 bits per heavy atom. The summed E-state index contributed by atoms with van der Waals surface area (Å²) in [4.78, 5) is 13.0. The van der Waals surface area contributed by atoms with Gasteiger partial charge in [-0.1, -0.05) is 31.4 Å². The van der Waals surface area contributed by atoms with Crippen LogP contribution in [0.25, 0.3) is 0 Å². The van der Waals surface area contributed by atoms with Gasteiger partial charge in [0.15, 0.2) is 0 Å². The highest BCUT2D eigenvalue weighted by atomic mass is 19.1. The number of hydrogen-bond donors (Lipinski definition) is 0. The first kappa shape index (κ1) is 12.1. The summed E-state index contributed by atoms with van der Waals surface area (Å²) < 4.78 is 12.4. The van der Waals surface area contributed by atoms with Crippen molar-refractivity contribution in [1.82, 2.24) is 0 Å². The number of carbonyl (C=O) groups excluding carboxylic acids is 1. The zero-order valence-electron chi connectivity index (χ0n) is 9.94. The number of carbonyl (C=O) groups is 1. The number of hydrogen-bond acceptors (Lipinski definition) is 1. The number of amides is 1. The highest BCUT2D eigenvalue weighted by molar-refractivity contribution is 5.76. The maximum absolute atomic E-state index is 12.4. The molecule has 1 aliphatic rings. The molecule has 1 saturated carbocycles. The lowest BCUT2D eigenvalue weighted by molar-refractivity contribution is -0.108. The van der Waals surface area contributed by atoms with Gasteiger partial charge in [-0.05, 0) is 30.5 Å². The Kier molecular flexibility index (Phi) is 4.13. The van der Waals surface area contributed by atoms with Gasteiger partial charge in [0.1, 0.15) is 6.67 Å². The van der Waals surface area contributed by atoms with Gasteiger partial charge in [0.2, 0.25) is 6.41 Å². The lowest BCUT2D eigenvalue weighted by Gasteiger charge is -2.31. The summed E-state index contributed by atoms with van der Waals surface area (Å²) in [5.41, 5.74) is 1.53. The summed E-state index contributed by atoms with van der Waals surface area (Å²) in [6.45, 7) is -0.454. The van der Waals surface area contributed by atoms with Crippen LogP contribution >= 0.6 is 0 Å². The molecule has 0 N–H and O–H groups in total. The zero-order valence-corrected chi connectivity index (χ0v) is 9.94. The molecule has 0 radical (unpaired) electrons. The molecule has 0 heterocycles. The normalized spacial score (nSPS) is 16.8. The fourth-order valence-corrected chi connectivity index (χ4v) is 2.47. The minimum absolute atomic E-state index is 0.317. The standard InChI is InChI=1S/C14H18FNO/c15-10-12-6-8-14(9-7-12)16(11-17)13-4-2-1-3-5-13/h6-9,11,13H,1-5,10H2. The highest BCUT2D eigenvalue weighted by Crippen LogP contribution is 2.26. The SMILES string of the molecule is O=CN(c1ccc(CF)cc1)C1CCCCC1. The van der Waals surface area contributed by atoms with Crippen LogP contribution in [0.2, 0.25) is 0 Å². The van der Waals surface area contributed by atoms with Crippen LogP contribution in [0.5, 0.6) is 0 Å². The Morgan fingerprint density at radius 1 is 1.18 bits per heavy atom. The average Bonchev–Trinajstić information content (AvgIpc) is 2.42. The molecule has 0 atom stereocenters. The molecule has 92 valence electrons. The Morgan fingerprint density at radius 2 is 1.82 bits per heavy atom. The topological polar surface area (TPSA) is 20.3 Å². The smallest absolute Gasteiger partial charge is 0.214 e. The molecule has 17 heavy (non-hydrogen) atoms. The molecule has 0 aromatic heterocycles. The third-order valence-corrected chi connectivity index (χ3v) is 3.47. The largest absolute Gasteiger partial charge is 0.312 e. The van der Waals surface area contributed by atoms with Crippen molar-refractivity contribution in [3.05, 3.63) is 29.8 Å². The van der Waals surface area contributed by atoms with Crippen molar-refractivity contribution >= 4 is 12.1 Å². The van der Waals surface area contributed by atoms with Crippen LogP contribution in [-0.4, -0.2) is 12.5 Å². The lowest BCUT2D eigenvalue weighted by Crippen LogP contribution is -2.35. The van der Waals surface area contributed by atoms with Crippen LogP contribution in [-0.2, 0) is 11.5 Å². The van der Waals surface area contributed by atoms with Crippen molar-refractivity contribution in [2.75, 3.05) is 4.90 Å². The second kappa shape index (κ2) is 5.80. The molecule has 3 heteroatoms. The van der Waals surface area contributed by atoms with E-state index in [-0.39, 0.29) is 0 Å². The monoisotopic (exact) mass is 235 g/mol. The fraction of sp³-hybridized carbons (Fsp3) is 0.500. The van der Waals surface area contributed by atoms with E-state index in [0.717, 1.165) is 24.9 Å². The van der Waals surface area contributed by atoms with E-state index in [1.807, 2.05) is 12.1 Å². The zero-order chi connectivity index (χ0) is 12.1. The average molecular weight is 235 g/mol. The number of halogens is 1. The number of benzene rings is 1. The molecule has 1 aliphatic carbocycles. The maximum Gasteiger partial charge on any atom is 0.214 e. The molecule has 2 nitrogen and oxygen atoms in total. The first-order chi connectivity index (χ1) is 8.35. The number of nitrogens with zero attached hydrogens (tertiary/aromatic N) is 1. The first-order valence-corrected chi connectivity index (χ1v) is 6.23. The molecule has 1 aromatic rings. The molecule has 0 bridgehead atoms. The van der Waals surface area contributed by atoms with E-state index in [0.29, 0.717) is 11.6 Å². The number of rotatable bonds is 4. The predicted octanol–water partition coefficient (Wildman–Crippen LogP) is 3.45. The van der Waals surface area contributed by atoms with E-state index >= 15 is 0 Å². The van der Waals surface area contributed by atoms with E-state index in [1.165, 1.54) is 19.3 Å². The van der Waals surface area contributed by atoms with Gasteiger partial charge in [-0.2, -0.15) is 0 Å². The third-order valence-electron chi connectivity index (χ3n) is 3.47. The summed E-state index contributed by atoms with van der Waals surface area (Å²) in [7, 11) is 0. The second-order valence-corrected chi connectivity index (χ2v) is 4.60.